The molecule has 0 saturated carbocycles. The normalized spacial score (nSPS) is 13.9. The van der Waals surface area contributed by atoms with Gasteiger partial charge in [0.05, 0.1) is 34.4 Å². The lowest BCUT2D eigenvalue weighted by Gasteiger charge is -2.25. The lowest BCUT2D eigenvalue weighted by Crippen LogP contribution is -2.40. The number of hydrogen-bond acceptors (Lipinski definition) is 7. The molecule has 2 atom stereocenters. The van der Waals surface area contributed by atoms with Crippen molar-refractivity contribution in [3.05, 3.63) is 122 Å². The fraction of sp³-hybridized carbons (Fsp3) is 0.603. The van der Waals surface area contributed by atoms with Crippen LogP contribution >= 0.6 is 0 Å². The Labute approximate surface area is 408 Å². The van der Waals surface area contributed by atoms with Crippen molar-refractivity contribution >= 4 is 17.9 Å². The third kappa shape index (κ3) is 49.4. The lowest BCUT2D eigenvalue weighted by atomic mass is 10.1. The van der Waals surface area contributed by atoms with Gasteiger partial charge in [0.2, 0.25) is 0 Å². The van der Waals surface area contributed by atoms with E-state index < -0.39 is 24.3 Å². The second kappa shape index (κ2) is 48.2. The molecule has 0 amide bonds. The molecule has 0 heterocycles. The van der Waals surface area contributed by atoms with Crippen molar-refractivity contribution in [3.63, 3.8) is 0 Å². The zero-order valence-electron chi connectivity index (χ0n) is 42.8. The van der Waals surface area contributed by atoms with Gasteiger partial charge in [0.1, 0.15) is 13.2 Å². The highest BCUT2D eigenvalue weighted by atomic mass is 16.7. The van der Waals surface area contributed by atoms with Crippen molar-refractivity contribution in [1.82, 2.24) is 0 Å². The summed E-state index contributed by atoms with van der Waals surface area (Å²) in [6, 6.07) is 0. The van der Waals surface area contributed by atoms with Gasteiger partial charge in [0.25, 0.3) is 6.29 Å². The summed E-state index contributed by atoms with van der Waals surface area (Å²) in [6.07, 6.45) is 64.0. The van der Waals surface area contributed by atoms with Gasteiger partial charge in [0, 0.05) is 12.8 Å². The van der Waals surface area contributed by atoms with Crippen LogP contribution in [0, 0.1) is 0 Å². The Morgan fingerprint density at radius 2 is 0.806 bits per heavy atom. The van der Waals surface area contributed by atoms with E-state index in [1.54, 1.807) is 0 Å². The monoisotopic (exact) mass is 933 g/mol. The summed E-state index contributed by atoms with van der Waals surface area (Å²) in [5, 5.41) is 9.68. The molecule has 9 heteroatoms. The SMILES string of the molecule is CC/C=C\C/C=C\C/C=C\C/C=C\C/C=C\C/C=C\CCCCCCC(=O)OC(COC(=O)CCCCCCCC/C=C\C/C=C\C/C=C\C/C=C\CC)COC(OCC[N+](C)(C)C)C(=O)O. The number of allylic oxidation sites excluding steroid dienone is 20. The van der Waals surface area contributed by atoms with Crippen molar-refractivity contribution in [2.45, 2.75) is 180 Å². The molecule has 2 unspecified atom stereocenters. The Balaban J connectivity index is 4.46. The molecule has 0 saturated heterocycles. The number of carboxylic acid groups (broad SMARTS) is 1. The number of quaternary nitrogens is 1. The largest absolute Gasteiger partial charge is 0.477 e. The van der Waals surface area contributed by atoms with Gasteiger partial charge in [-0.3, -0.25) is 9.59 Å². The first-order valence-electron chi connectivity index (χ1n) is 25.7. The number of nitrogens with zero attached hydrogens (tertiary/aromatic N) is 1. The van der Waals surface area contributed by atoms with Crippen LogP contribution in [0.2, 0.25) is 0 Å². The molecule has 1 N–H and O–H groups in total. The van der Waals surface area contributed by atoms with Gasteiger partial charge in [-0.2, -0.15) is 0 Å². The molecule has 9 nitrogen and oxygen atoms in total. The van der Waals surface area contributed by atoms with E-state index in [1.165, 1.54) is 0 Å². The van der Waals surface area contributed by atoms with Crippen molar-refractivity contribution in [2.75, 3.05) is 47.5 Å². The molecule has 378 valence electrons. The van der Waals surface area contributed by atoms with Crippen LogP contribution in [0.5, 0.6) is 0 Å². The van der Waals surface area contributed by atoms with Crippen LogP contribution in [0.3, 0.4) is 0 Å². The standard InChI is InChI=1S/C58H93NO8/c1-6-8-10-12-14-16-18-20-22-24-26-27-28-29-31-33-35-37-39-41-43-45-47-49-56(61)67-54(53-66-58(57(62)63)64-51-50-59(3,4)5)52-65-55(60)48-46-44-42-40-38-36-34-32-30-25-23-21-19-17-15-13-11-9-7-2/h8-11,14-17,20-23,26-27,29-32,35,37,54,58H,6-7,12-13,18-19,24-25,28,33-34,36,38-53H2,1-5H3/p+1/b10-8-,11-9-,16-14-,17-15-,22-20-,23-21-,27-26-,31-29-,32-30-,37-35-. The zero-order valence-corrected chi connectivity index (χ0v) is 42.8. The smallest absolute Gasteiger partial charge is 0.361 e. The summed E-state index contributed by atoms with van der Waals surface area (Å²) in [5.41, 5.74) is 0. The first-order chi connectivity index (χ1) is 32.6. The minimum atomic E-state index is -1.53. The van der Waals surface area contributed by atoms with Crippen molar-refractivity contribution in [1.29, 1.82) is 0 Å². The van der Waals surface area contributed by atoms with Gasteiger partial charge in [0.15, 0.2) is 6.10 Å². The highest BCUT2D eigenvalue weighted by Gasteiger charge is 2.25. The Morgan fingerprint density at radius 3 is 1.19 bits per heavy atom. The van der Waals surface area contributed by atoms with Gasteiger partial charge in [-0.05, 0) is 103 Å². The molecule has 0 aliphatic heterocycles. The van der Waals surface area contributed by atoms with Gasteiger partial charge >= 0.3 is 17.9 Å². The molecule has 0 radical (unpaired) electrons. The molecule has 0 bridgehead atoms. The number of carbonyl (C=O) groups is 3. The molecule has 0 aliphatic carbocycles. The van der Waals surface area contributed by atoms with Crippen molar-refractivity contribution < 1.29 is 42.9 Å². The number of esters is 2. The molecular weight excluding hydrogens is 839 g/mol. The van der Waals surface area contributed by atoms with Gasteiger partial charge in [-0.25, -0.2) is 4.79 Å². The highest BCUT2D eigenvalue weighted by molar-refractivity contribution is 5.71. The topological polar surface area (TPSA) is 108 Å². The first kappa shape index (κ1) is 62.7. The number of carboxylic acids is 1. The number of likely N-dealkylation sites (N-methyl/N-ethyl adjacent to an activating group) is 1. The van der Waals surface area contributed by atoms with Crippen LogP contribution in [0.1, 0.15) is 168 Å². The number of rotatable bonds is 45. The van der Waals surface area contributed by atoms with Crippen molar-refractivity contribution in [2.24, 2.45) is 0 Å². The number of aliphatic carboxylic acids is 1. The van der Waals surface area contributed by atoms with Crippen LogP contribution in [-0.2, 0) is 33.3 Å². The zero-order chi connectivity index (χ0) is 49.2. The van der Waals surface area contributed by atoms with Crippen LogP contribution in [0.25, 0.3) is 0 Å². The number of hydrogen-bond donors (Lipinski definition) is 1. The molecule has 0 spiro atoms. The van der Waals surface area contributed by atoms with E-state index in [0.717, 1.165) is 135 Å². The second-order valence-electron chi connectivity index (χ2n) is 17.7. The summed E-state index contributed by atoms with van der Waals surface area (Å²) in [6.45, 7) is 4.57. The van der Waals surface area contributed by atoms with Crippen molar-refractivity contribution in [3.8, 4) is 0 Å². The predicted molar refractivity (Wildman–Crippen MR) is 281 cm³/mol. The second-order valence-corrected chi connectivity index (χ2v) is 17.7. The van der Waals surface area contributed by atoms with E-state index in [1.807, 2.05) is 21.1 Å². The molecule has 0 aromatic carbocycles. The van der Waals surface area contributed by atoms with Gasteiger partial charge in [-0.1, -0.05) is 174 Å². The maximum Gasteiger partial charge on any atom is 0.361 e. The summed E-state index contributed by atoms with van der Waals surface area (Å²) in [5.74, 6) is -2.08. The van der Waals surface area contributed by atoms with Gasteiger partial charge in [-0.15, -0.1) is 0 Å². The number of unbranched alkanes of at least 4 members (excludes halogenated alkanes) is 10. The molecule has 0 aliphatic rings. The Bertz CT molecular complexity index is 1510. The molecule has 0 aromatic rings. The maximum atomic E-state index is 12.8. The van der Waals surface area contributed by atoms with E-state index >= 15 is 0 Å². The van der Waals surface area contributed by atoms with Gasteiger partial charge < -0.3 is 28.5 Å². The third-order valence-electron chi connectivity index (χ3n) is 10.2. The van der Waals surface area contributed by atoms with Crippen LogP contribution in [0.4, 0.5) is 0 Å². The van der Waals surface area contributed by atoms with E-state index in [0.29, 0.717) is 17.4 Å². The van der Waals surface area contributed by atoms with Crippen LogP contribution < -0.4 is 0 Å². The lowest BCUT2D eigenvalue weighted by molar-refractivity contribution is -0.870. The fourth-order valence-corrected chi connectivity index (χ4v) is 6.30. The summed E-state index contributed by atoms with van der Waals surface area (Å²) in [4.78, 5) is 37.3. The molecular formula is C58H94NO8+. The fourth-order valence-electron chi connectivity index (χ4n) is 6.30. The Hall–Kier alpha value is -4.31. The average molecular weight is 933 g/mol. The molecule has 67 heavy (non-hydrogen) atoms. The first-order valence-corrected chi connectivity index (χ1v) is 25.7. The minimum Gasteiger partial charge on any atom is -0.477 e. The average Bonchev–Trinajstić information content (AvgIpc) is 3.29. The Morgan fingerprint density at radius 1 is 0.448 bits per heavy atom. The number of carbonyl (C=O) groups excluding carboxylic acids is 2. The van der Waals surface area contributed by atoms with E-state index in [4.69, 9.17) is 18.9 Å². The predicted octanol–water partition coefficient (Wildman–Crippen LogP) is 14.6. The van der Waals surface area contributed by atoms with E-state index in [-0.39, 0.29) is 38.6 Å². The van der Waals surface area contributed by atoms with Crippen LogP contribution in [0.15, 0.2) is 122 Å². The number of ether oxygens (including phenoxy) is 4. The molecule has 0 rings (SSSR count). The summed E-state index contributed by atoms with van der Waals surface area (Å²) in [7, 11) is 5.93. The Kier molecular flexibility index (Phi) is 45.1. The minimum absolute atomic E-state index is 0.172. The quantitative estimate of drug-likeness (QED) is 0.0211. The summed E-state index contributed by atoms with van der Waals surface area (Å²) < 4.78 is 22.8. The van der Waals surface area contributed by atoms with E-state index in [9.17, 15) is 19.5 Å². The molecule has 0 fully saturated rings. The van der Waals surface area contributed by atoms with E-state index in [2.05, 4.69) is 135 Å². The van der Waals surface area contributed by atoms with Crippen LogP contribution in [-0.4, -0.2) is 87.4 Å². The summed E-state index contributed by atoms with van der Waals surface area (Å²) >= 11 is 0. The highest BCUT2D eigenvalue weighted by Crippen LogP contribution is 2.12. The molecule has 0 aromatic heterocycles. The third-order valence-corrected chi connectivity index (χ3v) is 10.2. The maximum absolute atomic E-state index is 12.8.